The second-order valence-corrected chi connectivity index (χ2v) is 4.22. The van der Waals surface area contributed by atoms with E-state index in [1.54, 1.807) is 0 Å². The maximum atomic E-state index is 8.73. The van der Waals surface area contributed by atoms with Crippen LogP contribution in [0.1, 0.15) is 19.3 Å². The van der Waals surface area contributed by atoms with Crippen LogP contribution in [0.15, 0.2) is 6.33 Å². The molecule has 2 atom stereocenters. The molecule has 1 aliphatic rings. The van der Waals surface area contributed by atoms with Crippen molar-refractivity contribution < 1.29 is 4.84 Å². The van der Waals surface area contributed by atoms with Crippen LogP contribution in [0.25, 0.3) is 0 Å². The molecule has 0 aliphatic carbocycles. The maximum Gasteiger partial charge on any atom is 0.162 e. The third-order valence-electron chi connectivity index (χ3n) is 2.82. The molecule has 0 unspecified atom stereocenters. The molecule has 0 bridgehead atoms. The van der Waals surface area contributed by atoms with Gasteiger partial charge in [0.05, 0.1) is 25.3 Å². The molecule has 0 aromatic carbocycles. The van der Waals surface area contributed by atoms with Gasteiger partial charge in [-0.05, 0) is 24.5 Å². The number of nitrogens with zero attached hydrogens (tertiary/aromatic N) is 5. The number of piperidine rings is 1. The van der Waals surface area contributed by atoms with Crippen LogP contribution in [0, 0.1) is 11.3 Å². The van der Waals surface area contributed by atoms with Gasteiger partial charge >= 0.3 is 0 Å². The molecule has 18 heavy (non-hydrogen) atoms. The van der Waals surface area contributed by atoms with Crippen molar-refractivity contribution in [3.05, 3.63) is 6.33 Å². The van der Waals surface area contributed by atoms with Gasteiger partial charge in [-0.2, -0.15) is 15.5 Å². The zero-order valence-electron chi connectivity index (χ0n) is 10.1. The van der Waals surface area contributed by atoms with Crippen LogP contribution < -0.4 is 10.8 Å². The van der Waals surface area contributed by atoms with Gasteiger partial charge in [0.2, 0.25) is 0 Å². The highest BCUT2D eigenvalue weighted by molar-refractivity contribution is 4.94. The van der Waals surface area contributed by atoms with Crippen molar-refractivity contribution in [3.8, 4) is 6.07 Å². The lowest BCUT2D eigenvalue weighted by Crippen LogP contribution is -2.47. The summed E-state index contributed by atoms with van der Waals surface area (Å²) in [6, 6.07) is 2.48. The number of rotatable bonds is 6. The Labute approximate surface area is 105 Å². The lowest BCUT2D eigenvalue weighted by atomic mass is 10.0. The Kier molecular flexibility index (Phi) is 5.01. The van der Waals surface area contributed by atoms with E-state index in [0.717, 1.165) is 25.8 Å². The molecule has 2 rings (SSSR count). The van der Waals surface area contributed by atoms with E-state index >= 15 is 0 Å². The Morgan fingerprint density at radius 2 is 2.50 bits per heavy atom. The Balaban J connectivity index is 1.50. The van der Waals surface area contributed by atoms with E-state index in [9.17, 15) is 0 Å². The zero-order chi connectivity index (χ0) is 12.6. The molecule has 8 nitrogen and oxygen atoms in total. The third-order valence-corrected chi connectivity index (χ3v) is 2.82. The molecule has 0 amide bonds. The van der Waals surface area contributed by atoms with Gasteiger partial charge in [0.1, 0.15) is 0 Å². The quantitative estimate of drug-likeness (QED) is 0.505. The van der Waals surface area contributed by atoms with Crippen molar-refractivity contribution in [3.63, 3.8) is 0 Å². The minimum atomic E-state index is -0.0126. The molecule has 0 radical (unpaired) electrons. The van der Waals surface area contributed by atoms with Crippen LogP contribution in [0.3, 0.4) is 0 Å². The molecule has 1 aliphatic heterocycles. The van der Waals surface area contributed by atoms with Crippen LogP contribution in [0.5, 0.6) is 0 Å². The van der Waals surface area contributed by atoms with E-state index in [4.69, 9.17) is 10.1 Å². The van der Waals surface area contributed by atoms with Gasteiger partial charge in [0, 0.05) is 12.6 Å². The fraction of sp³-hybridized carbons (Fsp3) is 0.800. The third kappa shape index (κ3) is 4.03. The van der Waals surface area contributed by atoms with Gasteiger partial charge in [-0.15, -0.1) is 10.2 Å². The fourth-order valence-electron chi connectivity index (χ4n) is 1.81. The molecule has 1 saturated heterocycles. The van der Waals surface area contributed by atoms with Gasteiger partial charge in [-0.1, -0.05) is 0 Å². The van der Waals surface area contributed by atoms with Gasteiger partial charge in [-0.25, -0.2) is 0 Å². The van der Waals surface area contributed by atoms with Crippen LogP contribution in [0.2, 0.25) is 0 Å². The van der Waals surface area contributed by atoms with E-state index in [2.05, 4.69) is 32.3 Å². The predicted molar refractivity (Wildman–Crippen MR) is 61.9 cm³/mol. The highest BCUT2D eigenvalue weighted by Gasteiger charge is 2.19. The minimum absolute atomic E-state index is 0.0126. The Morgan fingerprint density at radius 1 is 1.56 bits per heavy atom. The summed E-state index contributed by atoms with van der Waals surface area (Å²) in [6.45, 7) is 2.06. The number of hydrogen-bond acceptors (Lipinski definition) is 7. The summed E-state index contributed by atoms with van der Waals surface area (Å²) in [4.78, 5) is 6.91. The molecule has 1 fully saturated rings. The number of nitrogens with one attached hydrogen (secondary N) is 2. The van der Waals surface area contributed by atoms with Gasteiger partial charge in [0.25, 0.3) is 0 Å². The first-order chi connectivity index (χ1) is 8.88. The van der Waals surface area contributed by atoms with Crippen LogP contribution in [0.4, 0.5) is 0 Å². The van der Waals surface area contributed by atoms with E-state index in [-0.39, 0.29) is 12.1 Å². The highest BCUT2D eigenvalue weighted by Crippen LogP contribution is 2.07. The largest absolute Gasteiger partial charge is 0.301 e. The first kappa shape index (κ1) is 12.9. The second-order valence-electron chi connectivity index (χ2n) is 4.22. The molecule has 98 valence electrons. The zero-order valence-corrected chi connectivity index (χ0v) is 10.1. The summed E-state index contributed by atoms with van der Waals surface area (Å²) >= 11 is 0. The molecule has 0 saturated carbocycles. The Hall–Kier alpha value is -1.56. The fourth-order valence-corrected chi connectivity index (χ4v) is 1.81. The monoisotopic (exact) mass is 251 g/mol. The average Bonchev–Trinajstić information content (AvgIpc) is 2.92. The molecule has 0 spiro atoms. The molecule has 8 heteroatoms. The number of nitriles is 1. The maximum absolute atomic E-state index is 8.73. The van der Waals surface area contributed by atoms with Crippen molar-refractivity contribution in [1.82, 2.24) is 31.0 Å². The number of aromatic nitrogens is 4. The van der Waals surface area contributed by atoms with Gasteiger partial charge in [0.15, 0.2) is 6.33 Å². The molecular weight excluding hydrogens is 234 g/mol. The second kappa shape index (κ2) is 7.00. The van der Waals surface area contributed by atoms with E-state index in [0.29, 0.717) is 13.2 Å². The number of hydroxylamine groups is 1. The molecule has 2 N–H and O–H groups in total. The molecule has 1 aromatic heterocycles. The first-order valence-corrected chi connectivity index (χ1v) is 6.09. The van der Waals surface area contributed by atoms with Crippen molar-refractivity contribution in [2.45, 2.75) is 37.9 Å². The standard InChI is InChI=1S/C10H17N7O/c11-6-9-2-3-10(7-12-9)15-18-5-1-4-17-14-8-13-16-17/h8-10,12,15H,1-5,7H2/t9-,10+/m0/s1. The van der Waals surface area contributed by atoms with Crippen molar-refractivity contribution in [2.24, 2.45) is 0 Å². The van der Waals surface area contributed by atoms with Crippen LogP contribution in [-0.2, 0) is 11.4 Å². The molecule has 1 aromatic rings. The number of aryl methyl sites for hydroxylation is 1. The van der Waals surface area contributed by atoms with Crippen molar-refractivity contribution >= 4 is 0 Å². The average molecular weight is 251 g/mol. The van der Waals surface area contributed by atoms with Gasteiger partial charge < -0.3 is 10.2 Å². The van der Waals surface area contributed by atoms with Crippen molar-refractivity contribution in [2.75, 3.05) is 13.2 Å². The summed E-state index contributed by atoms with van der Waals surface area (Å²) in [5.41, 5.74) is 3.01. The van der Waals surface area contributed by atoms with Gasteiger partial charge in [-0.3, -0.25) is 0 Å². The van der Waals surface area contributed by atoms with E-state index in [1.807, 2.05) is 0 Å². The molecule has 2 heterocycles. The summed E-state index contributed by atoms with van der Waals surface area (Å²) in [5.74, 6) is 0. The molecular formula is C10H17N7O. The van der Waals surface area contributed by atoms with Crippen molar-refractivity contribution in [1.29, 1.82) is 5.26 Å². The SMILES string of the molecule is N#C[C@@H]1CC[C@@H](NOCCCn2ncnn2)CN1. The lowest BCUT2D eigenvalue weighted by Gasteiger charge is -2.26. The smallest absolute Gasteiger partial charge is 0.162 e. The summed E-state index contributed by atoms with van der Waals surface area (Å²) < 4.78 is 0. The lowest BCUT2D eigenvalue weighted by molar-refractivity contribution is 0.00587. The van der Waals surface area contributed by atoms with Crippen LogP contribution in [-0.4, -0.2) is 45.4 Å². The van der Waals surface area contributed by atoms with Crippen LogP contribution >= 0.6 is 0 Å². The number of tetrazole rings is 1. The predicted octanol–water partition coefficient (Wildman–Crippen LogP) is -0.771. The first-order valence-electron chi connectivity index (χ1n) is 6.09. The Bertz CT molecular complexity index is 366. The van der Waals surface area contributed by atoms with E-state index < -0.39 is 0 Å². The van der Waals surface area contributed by atoms with E-state index in [1.165, 1.54) is 11.1 Å². The Morgan fingerprint density at radius 3 is 3.17 bits per heavy atom. The summed E-state index contributed by atoms with van der Waals surface area (Å²) in [7, 11) is 0. The minimum Gasteiger partial charge on any atom is -0.301 e. The summed E-state index contributed by atoms with van der Waals surface area (Å²) in [6.07, 6.45) is 4.05. The normalized spacial score (nSPS) is 23.7. The summed E-state index contributed by atoms with van der Waals surface area (Å²) in [5, 5.41) is 23.2. The number of hydrogen-bond donors (Lipinski definition) is 2. The highest BCUT2D eigenvalue weighted by atomic mass is 16.6. The topological polar surface area (TPSA) is 101 Å².